The Morgan fingerprint density at radius 1 is 1.21 bits per heavy atom. The average molecular weight is 286 g/mol. The number of carbonyl (C=O) groups is 2. The Kier molecular flexibility index (Phi) is 5.13. The smallest absolute Gasteiger partial charge is 0.426 e. The molecule has 19 heavy (non-hydrogen) atoms. The number of hydrogen-bond acceptors (Lipinski definition) is 5. The molecular weight excluding hydrogens is 274 g/mol. The van der Waals surface area contributed by atoms with Gasteiger partial charge in [-0.2, -0.15) is 0 Å². The first-order valence-corrected chi connectivity index (χ1v) is 5.44. The van der Waals surface area contributed by atoms with Gasteiger partial charge >= 0.3 is 18.1 Å². The molecule has 0 aliphatic heterocycles. The number of nitrogens with zero attached hydrogens (tertiary/aromatic N) is 1. The lowest BCUT2D eigenvalue weighted by Crippen LogP contribution is -2.44. The molecule has 0 aliphatic rings. The first kappa shape index (κ1) is 14.8. The maximum absolute atomic E-state index is 11.9. The standard InChI is InChI=1S/C11H12ClN3O4/c1-18-9(13)15(11(17)19-2)10(16)14-8-5-3-7(12)4-6-8/h3-6,13H,1-2H3,(H,14,16). The third kappa shape index (κ3) is 3.85. The molecule has 1 rings (SSSR count). The quantitative estimate of drug-likeness (QED) is 0.612. The fourth-order valence-electron chi connectivity index (χ4n) is 1.15. The molecule has 0 fully saturated rings. The number of carbonyl (C=O) groups excluding carboxylic acids is 2. The van der Waals surface area contributed by atoms with Gasteiger partial charge in [0.2, 0.25) is 0 Å². The van der Waals surface area contributed by atoms with Crippen molar-refractivity contribution in [3.8, 4) is 0 Å². The van der Waals surface area contributed by atoms with Gasteiger partial charge in [0.15, 0.2) is 0 Å². The van der Waals surface area contributed by atoms with E-state index >= 15 is 0 Å². The third-order valence-electron chi connectivity index (χ3n) is 2.05. The first-order chi connectivity index (χ1) is 8.99. The zero-order valence-electron chi connectivity index (χ0n) is 10.3. The van der Waals surface area contributed by atoms with Gasteiger partial charge in [-0.3, -0.25) is 5.41 Å². The highest BCUT2D eigenvalue weighted by atomic mass is 35.5. The Morgan fingerprint density at radius 3 is 2.26 bits per heavy atom. The molecule has 8 heteroatoms. The normalized spacial score (nSPS) is 9.42. The van der Waals surface area contributed by atoms with Crippen molar-refractivity contribution in [3.05, 3.63) is 29.3 Å². The Morgan fingerprint density at radius 2 is 1.79 bits per heavy atom. The predicted molar refractivity (Wildman–Crippen MR) is 69.5 cm³/mol. The monoisotopic (exact) mass is 285 g/mol. The Bertz CT molecular complexity index is 473. The van der Waals surface area contributed by atoms with Crippen LogP contribution < -0.4 is 5.32 Å². The Hall–Kier alpha value is -2.28. The number of amides is 3. The number of urea groups is 1. The fourth-order valence-corrected chi connectivity index (χ4v) is 1.28. The number of benzene rings is 1. The molecule has 0 radical (unpaired) electrons. The van der Waals surface area contributed by atoms with Crippen LogP contribution in [0.15, 0.2) is 24.3 Å². The molecule has 0 unspecified atom stereocenters. The van der Waals surface area contributed by atoms with Crippen molar-refractivity contribution in [1.29, 1.82) is 5.41 Å². The van der Waals surface area contributed by atoms with Crippen molar-refractivity contribution < 1.29 is 19.1 Å². The molecule has 1 aromatic carbocycles. The number of ether oxygens (including phenoxy) is 2. The molecule has 0 atom stereocenters. The minimum absolute atomic E-state index is 0.409. The number of methoxy groups -OCH3 is 2. The molecule has 1 aromatic rings. The highest BCUT2D eigenvalue weighted by molar-refractivity contribution is 6.30. The summed E-state index contributed by atoms with van der Waals surface area (Å²) in [7, 11) is 2.25. The highest BCUT2D eigenvalue weighted by Gasteiger charge is 2.28. The van der Waals surface area contributed by atoms with Crippen molar-refractivity contribution in [2.45, 2.75) is 0 Å². The minimum Gasteiger partial charge on any atom is -0.468 e. The molecule has 7 nitrogen and oxygen atoms in total. The number of anilines is 1. The van der Waals surface area contributed by atoms with Gasteiger partial charge in [0, 0.05) is 10.7 Å². The van der Waals surface area contributed by atoms with Gasteiger partial charge in [0.1, 0.15) is 0 Å². The molecule has 0 aliphatic carbocycles. The van der Waals surface area contributed by atoms with Crippen molar-refractivity contribution in [1.82, 2.24) is 4.90 Å². The van der Waals surface area contributed by atoms with Crippen LogP contribution in [0.1, 0.15) is 0 Å². The highest BCUT2D eigenvalue weighted by Crippen LogP contribution is 2.14. The van der Waals surface area contributed by atoms with E-state index in [4.69, 9.17) is 17.0 Å². The molecule has 0 saturated heterocycles. The molecule has 0 heterocycles. The van der Waals surface area contributed by atoms with E-state index in [9.17, 15) is 9.59 Å². The number of halogens is 1. The lowest BCUT2D eigenvalue weighted by Gasteiger charge is -2.18. The fraction of sp³-hybridized carbons (Fsp3) is 0.182. The Labute approximate surface area is 114 Å². The first-order valence-electron chi connectivity index (χ1n) is 5.06. The van der Waals surface area contributed by atoms with E-state index in [2.05, 4.69) is 14.8 Å². The largest absolute Gasteiger partial charge is 0.468 e. The summed E-state index contributed by atoms with van der Waals surface area (Å²) in [5, 5.41) is 10.3. The van der Waals surface area contributed by atoms with E-state index in [0.717, 1.165) is 14.2 Å². The second-order valence-electron chi connectivity index (χ2n) is 3.25. The van der Waals surface area contributed by atoms with Gasteiger partial charge in [0.25, 0.3) is 0 Å². The summed E-state index contributed by atoms with van der Waals surface area (Å²) in [4.78, 5) is 23.7. The predicted octanol–water partition coefficient (Wildman–Crippen LogP) is 2.52. The molecule has 2 N–H and O–H groups in total. The van der Waals surface area contributed by atoms with Crippen molar-refractivity contribution in [3.63, 3.8) is 0 Å². The average Bonchev–Trinajstić information content (AvgIpc) is 2.41. The molecular formula is C11H12ClN3O4. The van der Waals surface area contributed by atoms with Crippen LogP contribution in [0.3, 0.4) is 0 Å². The molecule has 0 aromatic heterocycles. The van der Waals surface area contributed by atoms with Crippen LogP contribution in [0, 0.1) is 5.41 Å². The number of amidine groups is 1. The number of rotatable bonds is 1. The molecule has 0 spiro atoms. The van der Waals surface area contributed by atoms with E-state index in [-0.39, 0.29) is 0 Å². The van der Waals surface area contributed by atoms with Crippen LogP contribution in [0.2, 0.25) is 5.02 Å². The minimum atomic E-state index is -1.03. The second-order valence-corrected chi connectivity index (χ2v) is 3.69. The van der Waals surface area contributed by atoms with E-state index in [1.54, 1.807) is 24.3 Å². The topological polar surface area (TPSA) is 91.7 Å². The van der Waals surface area contributed by atoms with Crippen molar-refractivity contribution >= 4 is 35.4 Å². The van der Waals surface area contributed by atoms with Gasteiger partial charge in [-0.25, -0.2) is 9.59 Å². The SMILES string of the molecule is COC(=N)N(C(=O)Nc1ccc(Cl)cc1)C(=O)OC. The van der Waals surface area contributed by atoms with Gasteiger partial charge in [-0.15, -0.1) is 4.90 Å². The maximum atomic E-state index is 11.9. The molecule has 3 amide bonds. The number of nitrogens with one attached hydrogen (secondary N) is 2. The summed E-state index contributed by atoms with van der Waals surface area (Å²) in [6, 6.07) is 4.71. The maximum Gasteiger partial charge on any atom is 0.426 e. The van der Waals surface area contributed by atoms with Crippen LogP contribution in [0.25, 0.3) is 0 Å². The lowest BCUT2D eigenvalue weighted by molar-refractivity contribution is 0.142. The third-order valence-corrected chi connectivity index (χ3v) is 2.30. The van der Waals surface area contributed by atoms with E-state index in [0.29, 0.717) is 15.6 Å². The van der Waals surface area contributed by atoms with Gasteiger partial charge < -0.3 is 14.8 Å². The lowest BCUT2D eigenvalue weighted by atomic mass is 10.3. The van der Waals surface area contributed by atoms with E-state index < -0.39 is 18.1 Å². The van der Waals surface area contributed by atoms with Crippen LogP contribution in [0.5, 0.6) is 0 Å². The summed E-state index contributed by atoms with van der Waals surface area (Å²) in [5.74, 6) is 0. The van der Waals surface area contributed by atoms with Crippen LogP contribution in [-0.4, -0.2) is 37.3 Å². The second kappa shape index (κ2) is 6.60. The Balaban J connectivity index is 2.85. The van der Waals surface area contributed by atoms with E-state index in [1.807, 2.05) is 0 Å². The number of imide groups is 1. The van der Waals surface area contributed by atoms with Crippen LogP contribution >= 0.6 is 11.6 Å². The molecule has 0 saturated carbocycles. The van der Waals surface area contributed by atoms with Crippen molar-refractivity contribution in [2.24, 2.45) is 0 Å². The van der Waals surface area contributed by atoms with Gasteiger partial charge in [-0.05, 0) is 24.3 Å². The summed E-state index contributed by atoms with van der Waals surface area (Å²) in [6.07, 6.45) is -1.03. The summed E-state index contributed by atoms with van der Waals surface area (Å²) in [5.41, 5.74) is 0.409. The number of hydrogen-bond donors (Lipinski definition) is 2. The van der Waals surface area contributed by atoms with Gasteiger partial charge in [0.05, 0.1) is 14.2 Å². The van der Waals surface area contributed by atoms with Gasteiger partial charge in [-0.1, -0.05) is 11.6 Å². The molecule has 0 bridgehead atoms. The van der Waals surface area contributed by atoms with Crippen LogP contribution in [-0.2, 0) is 9.47 Å². The summed E-state index contributed by atoms with van der Waals surface area (Å²) in [6.45, 7) is 0. The van der Waals surface area contributed by atoms with Crippen LogP contribution in [0.4, 0.5) is 15.3 Å². The zero-order chi connectivity index (χ0) is 14.4. The summed E-state index contributed by atoms with van der Waals surface area (Å²) >= 11 is 5.71. The van der Waals surface area contributed by atoms with E-state index in [1.165, 1.54) is 0 Å². The zero-order valence-corrected chi connectivity index (χ0v) is 11.0. The van der Waals surface area contributed by atoms with Crippen molar-refractivity contribution in [2.75, 3.05) is 19.5 Å². The molecule has 102 valence electrons. The summed E-state index contributed by atoms with van der Waals surface area (Å²) < 4.78 is 8.94.